The number of rotatable bonds is 4. The molecule has 0 aromatic heterocycles. The molecule has 2 N–H and O–H groups in total. The number of nitrogens with zero attached hydrogens (tertiary/aromatic N) is 1. The normalized spacial score (nSPS) is 12.2. The Morgan fingerprint density at radius 3 is 2.81 bits per heavy atom. The largest absolute Gasteiger partial charge is 0.339 e. The molecule has 0 saturated heterocycles. The van der Waals surface area contributed by atoms with Crippen LogP contribution in [0.1, 0.15) is 24.9 Å². The number of carbonyl (C=O) groups is 1. The topological polar surface area (TPSA) is 46.3 Å². The lowest BCUT2D eigenvalue weighted by atomic mass is 10.1. The molecule has 16 heavy (non-hydrogen) atoms. The molecule has 0 bridgehead atoms. The molecule has 3 nitrogen and oxygen atoms in total. The van der Waals surface area contributed by atoms with E-state index in [4.69, 9.17) is 17.3 Å². The third-order valence-corrected chi connectivity index (χ3v) is 2.90. The molecular formula is C12H17ClN2O. The van der Waals surface area contributed by atoms with Crippen LogP contribution in [-0.4, -0.2) is 24.4 Å². The van der Waals surface area contributed by atoms with E-state index in [1.165, 1.54) is 0 Å². The molecule has 0 spiro atoms. The van der Waals surface area contributed by atoms with Gasteiger partial charge in [0.25, 0.3) is 0 Å². The molecular weight excluding hydrogens is 224 g/mol. The summed E-state index contributed by atoms with van der Waals surface area (Å²) in [4.78, 5) is 13.3. The predicted molar refractivity (Wildman–Crippen MR) is 66.3 cm³/mol. The van der Waals surface area contributed by atoms with E-state index in [0.29, 0.717) is 18.0 Å². The molecule has 4 heteroatoms. The van der Waals surface area contributed by atoms with Gasteiger partial charge in [0.05, 0.1) is 6.04 Å². The van der Waals surface area contributed by atoms with E-state index in [-0.39, 0.29) is 11.9 Å². The minimum atomic E-state index is 0.0118. The van der Waals surface area contributed by atoms with Gasteiger partial charge in [-0.15, -0.1) is 0 Å². The van der Waals surface area contributed by atoms with E-state index >= 15 is 0 Å². The summed E-state index contributed by atoms with van der Waals surface area (Å²) in [5.74, 6) is 0.0509. The zero-order valence-corrected chi connectivity index (χ0v) is 10.4. The molecule has 0 aliphatic heterocycles. The van der Waals surface area contributed by atoms with Gasteiger partial charge >= 0.3 is 0 Å². The fraction of sp³-hybridized carbons (Fsp3) is 0.417. The summed E-state index contributed by atoms with van der Waals surface area (Å²) in [5, 5.41) is 0.684. The van der Waals surface area contributed by atoms with Gasteiger partial charge in [0.2, 0.25) is 5.91 Å². The smallest absolute Gasteiger partial charge is 0.224 e. The lowest BCUT2D eigenvalue weighted by molar-refractivity contribution is -0.131. The maximum atomic E-state index is 11.7. The highest BCUT2D eigenvalue weighted by atomic mass is 35.5. The molecule has 1 unspecified atom stereocenters. The summed E-state index contributed by atoms with van der Waals surface area (Å²) in [6.07, 6.45) is 0.376. The quantitative estimate of drug-likeness (QED) is 0.877. The Morgan fingerprint density at radius 1 is 1.56 bits per heavy atom. The van der Waals surface area contributed by atoms with Crippen molar-refractivity contribution in [3.05, 3.63) is 34.9 Å². The van der Waals surface area contributed by atoms with E-state index in [9.17, 15) is 4.79 Å². The van der Waals surface area contributed by atoms with E-state index < -0.39 is 0 Å². The first-order valence-corrected chi connectivity index (χ1v) is 5.65. The van der Waals surface area contributed by atoms with Crippen molar-refractivity contribution in [2.24, 2.45) is 5.73 Å². The third kappa shape index (κ3) is 3.22. The van der Waals surface area contributed by atoms with Crippen LogP contribution in [0.2, 0.25) is 5.02 Å². The average Bonchev–Trinajstić information content (AvgIpc) is 2.27. The Hall–Kier alpha value is -1.06. The van der Waals surface area contributed by atoms with Gasteiger partial charge in [-0.1, -0.05) is 23.7 Å². The lowest BCUT2D eigenvalue weighted by Crippen LogP contribution is -2.31. The van der Waals surface area contributed by atoms with Crippen molar-refractivity contribution in [2.45, 2.75) is 19.4 Å². The second-order valence-electron chi connectivity index (χ2n) is 3.77. The predicted octanol–water partition coefficient (Wildman–Crippen LogP) is 2.21. The zero-order chi connectivity index (χ0) is 12.1. The number of benzene rings is 1. The molecule has 1 amide bonds. The molecule has 0 heterocycles. The number of hydrogen-bond acceptors (Lipinski definition) is 2. The zero-order valence-electron chi connectivity index (χ0n) is 9.61. The molecule has 1 atom stereocenters. The van der Waals surface area contributed by atoms with Crippen LogP contribution in [-0.2, 0) is 4.79 Å². The molecule has 1 aromatic rings. The summed E-state index contributed by atoms with van der Waals surface area (Å²) < 4.78 is 0. The average molecular weight is 241 g/mol. The van der Waals surface area contributed by atoms with Gasteiger partial charge in [0.1, 0.15) is 0 Å². The number of halogens is 1. The van der Waals surface area contributed by atoms with Crippen LogP contribution in [0.3, 0.4) is 0 Å². The van der Waals surface area contributed by atoms with Gasteiger partial charge in [-0.2, -0.15) is 0 Å². The van der Waals surface area contributed by atoms with Crippen LogP contribution in [0.25, 0.3) is 0 Å². The van der Waals surface area contributed by atoms with Crippen LogP contribution in [0, 0.1) is 0 Å². The highest BCUT2D eigenvalue weighted by molar-refractivity contribution is 6.30. The molecule has 0 fully saturated rings. The Labute approximate surface area is 101 Å². The van der Waals surface area contributed by atoms with Gasteiger partial charge in [-0.25, -0.2) is 0 Å². The van der Waals surface area contributed by atoms with E-state index in [1.54, 1.807) is 11.9 Å². The standard InChI is InChI=1S/C12H17ClN2O/c1-9(15(2)12(16)6-7-14)10-4-3-5-11(13)8-10/h3-5,8-9H,6-7,14H2,1-2H3. The van der Waals surface area contributed by atoms with Gasteiger partial charge in [0.15, 0.2) is 0 Å². The SMILES string of the molecule is CC(c1cccc(Cl)c1)N(C)C(=O)CCN. The second kappa shape index (κ2) is 5.87. The van der Waals surface area contributed by atoms with Crippen LogP contribution in [0.5, 0.6) is 0 Å². The van der Waals surface area contributed by atoms with Crippen molar-refractivity contribution in [3.63, 3.8) is 0 Å². The summed E-state index contributed by atoms with van der Waals surface area (Å²) in [5.41, 5.74) is 6.39. The van der Waals surface area contributed by atoms with Gasteiger partial charge in [-0.3, -0.25) is 4.79 Å². The lowest BCUT2D eigenvalue weighted by Gasteiger charge is -2.25. The van der Waals surface area contributed by atoms with Crippen LogP contribution in [0.4, 0.5) is 0 Å². The molecule has 1 rings (SSSR count). The minimum Gasteiger partial charge on any atom is -0.339 e. The first-order valence-electron chi connectivity index (χ1n) is 5.27. The monoisotopic (exact) mass is 240 g/mol. The third-order valence-electron chi connectivity index (χ3n) is 2.66. The number of carbonyl (C=O) groups excluding carboxylic acids is 1. The summed E-state index contributed by atoms with van der Waals surface area (Å²) >= 11 is 5.91. The minimum absolute atomic E-state index is 0.0118. The van der Waals surface area contributed by atoms with Crippen molar-refractivity contribution in [2.75, 3.05) is 13.6 Å². The first kappa shape index (κ1) is 13.0. The maximum absolute atomic E-state index is 11.7. The van der Waals surface area contributed by atoms with E-state index in [0.717, 1.165) is 5.56 Å². The van der Waals surface area contributed by atoms with E-state index in [1.807, 2.05) is 31.2 Å². The van der Waals surface area contributed by atoms with Crippen LogP contribution >= 0.6 is 11.6 Å². The van der Waals surface area contributed by atoms with Gasteiger partial charge in [0, 0.05) is 25.0 Å². The van der Waals surface area contributed by atoms with Crippen molar-refractivity contribution >= 4 is 17.5 Å². The Bertz CT molecular complexity index is 368. The number of hydrogen-bond donors (Lipinski definition) is 1. The summed E-state index contributed by atoms with van der Waals surface area (Å²) in [7, 11) is 1.78. The fourth-order valence-electron chi connectivity index (χ4n) is 1.51. The van der Waals surface area contributed by atoms with Gasteiger partial charge in [-0.05, 0) is 24.6 Å². The molecule has 0 aliphatic rings. The summed E-state index contributed by atoms with van der Waals surface area (Å²) in [6, 6.07) is 7.55. The first-order chi connectivity index (χ1) is 7.56. The van der Waals surface area contributed by atoms with Crippen LogP contribution in [0.15, 0.2) is 24.3 Å². The molecule has 88 valence electrons. The molecule has 0 aliphatic carbocycles. The van der Waals surface area contributed by atoms with Crippen molar-refractivity contribution in [3.8, 4) is 0 Å². The van der Waals surface area contributed by atoms with Crippen molar-refractivity contribution in [1.82, 2.24) is 4.90 Å². The highest BCUT2D eigenvalue weighted by Gasteiger charge is 2.16. The molecule has 1 aromatic carbocycles. The van der Waals surface area contributed by atoms with Gasteiger partial charge < -0.3 is 10.6 Å². The van der Waals surface area contributed by atoms with E-state index in [2.05, 4.69) is 0 Å². The second-order valence-corrected chi connectivity index (χ2v) is 4.21. The molecule has 0 saturated carbocycles. The fourth-order valence-corrected chi connectivity index (χ4v) is 1.70. The Kier molecular flexibility index (Phi) is 4.77. The Morgan fingerprint density at radius 2 is 2.25 bits per heavy atom. The van der Waals surface area contributed by atoms with Crippen molar-refractivity contribution < 1.29 is 4.79 Å². The number of amides is 1. The Balaban J connectivity index is 2.77. The maximum Gasteiger partial charge on any atom is 0.224 e. The number of nitrogens with two attached hydrogens (primary N) is 1. The highest BCUT2D eigenvalue weighted by Crippen LogP contribution is 2.22. The summed E-state index contributed by atoms with van der Waals surface area (Å²) in [6.45, 7) is 2.35. The van der Waals surface area contributed by atoms with Crippen LogP contribution < -0.4 is 5.73 Å². The molecule has 0 radical (unpaired) electrons. The van der Waals surface area contributed by atoms with Crippen molar-refractivity contribution in [1.29, 1.82) is 0 Å².